The monoisotopic (exact) mass is 261 g/mol. The molecule has 1 saturated heterocycles. The van der Waals surface area contributed by atoms with Gasteiger partial charge in [-0.15, -0.1) is 0 Å². The highest BCUT2D eigenvalue weighted by molar-refractivity contribution is 5.13. The molecular weight excluding hydrogens is 238 g/mol. The highest BCUT2D eigenvalue weighted by atomic mass is 16.5. The van der Waals surface area contributed by atoms with Gasteiger partial charge in [-0.05, 0) is 57.5 Å². The molecule has 2 heterocycles. The third kappa shape index (κ3) is 3.66. The third-order valence-corrected chi connectivity index (χ3v) is 4.16. The van der Waals surface area contributed by atoms with Crippen molar-refractivity contribution in [2.45, 2.75) is 51.0 Å². The summed E-state index contributed by atoms with van der Waals surface area (Å²) in [5.41, 5.74) is 0. The molecule has 4 nitrogen and oxygen atoms in total. The van der Waals surface area contributed by atoms with E-state index in [1.165, 1.54) is 38.5 Å². The normalized spacial score (nSPS) is 24.5. The molecule has 0 radical (unpaired) electrons. The van der Waals surface area contributed by atoms with E-state index in [0.29, 0.717) is 12.0 Å². The van der Waals surface area contributed by atoms with Crippen LogP contribution in [0, 0.1) is 5.92 Å². The second-order valence-electron chi connectivity index (χ2n) is 5.78. The lowest BCUT2D eigenvalue weighted by Gasteiger charge is -2.21. The SMILES string of the molecule is c1nc(CC2CCCNC2)ncc1OC1CCCC1. The highest BCUT2D eigenvalue weighted by Gasteiger charge is 2.17. The van der Waals surface area contributed by atoms with Crippen molar-refractivity contribution in [3.63, 3.8) is 0 Å². The molecule has 2 aliphatic rings. The Labute approximate surface area is 115 Å². The van der Waals surface area contributed by atoms with Crippen LogP contribution in [0.5, 0.6) is 5.75 Å². The van der Waals surface area contributed by atoms with Crippen molar-refractivity contribution < 1.29 is 4.74 Å². The van der Waals surface area contributed by atoms with Crippen LogP contribution in [0.4, 0.5) is 0 Å². The summed E-state index contributed by atoms with van der Waals surface area (Å²) < 4.78 is 5.88. The molecule has 1 unspecified atom stereocenters. The van der Waals surface area contributed by atoms with E-state index in [-0.39, 0.29) is 0 Å². The molecule has 1 aromatic heterocycles. The number of nitrogens with zero attached hydrogens (tertiary/aromatic N) is 2. The van der Waals surface area contributed by atoms with Crippen molar-refractivity contribution in [1.82, 2.24) is 15.3 Å². The molecule has 1 aromatic rings. The minimum atomic E-state index is 0.386. The molecule has 1 atom stereocenters. The zero-order valence-corrected chi connectivity index (χ0v) is 11.5. The minimum absolute atomic E-state index is 0.386. The van der Waals surface area contributed by atoms with E-state index in [9.17, 15) is 0 Å². The van der Waals surface area contributed by atoms with Crippen molar-refractivity contribution in [2.75, 3.05) is 13.1 Å². The second-order valence-corrected chi connectivity index (χ2v) is 5.78. The maximum absolute atomic E-state index is 5.88. The van der Waals surface area contributed by atoms with E-state index < -0.39 is 0 Å². The Kier molecular flexibility index (Phi) is 4.28. The predicted molar refractivity (Wildman–Crippen MR) is 74.2 cm³/mol. The first-order valence-corrected chi connectivity index (χ1v) is 7.58. The fraction of sp³-hybridized carbons (Fsp3) is 0.733. The van der Waals surface area contributed by atoms with Crippen molar-refractivity contribution in [3.05, 3.63) is 18.2 Å². The van der Waals surface area contributed by atoms with E-state index in [1.807, 2.05) is 12.4 Å². The molecule has 3 rings (SSSR count). The van der Waals surface area contributed by atoms with Crippen molar-refractivity contribution >= 4 is 0 Å². The van der Waals surface area contributed by atoms with E-state index in [2.05, 4.69) is 15.3 Å². The summed E-state index contributed by atoms with van der Waals surface area (Å²) >= 11 is 0. The van der Waals surface area contributed by atoms with Gasteiger partial charge < -0.3 is 10.1 Å². The standard InChI is InChI=1S/C15H23N3O/c1-2-6-13(5-1)19-14-10-17-15(18-11-14)8-12-4-3-7-16-9-12/h10-13,16H,1-9H2. The molecule has 104 valence electrons. The Morgan fingerprint density at radius 2 is 1.89 bits per heavy atom. The average Bonchev–Trinajstić information content (AvgIpc) is 2.95. The van der Waals surface area contributed by atoms with Gasteiger partial charge in [0, 0.05) is 6.42 Å². The van der Waals surface area contributed by atoms with Gasteiger partial charge in [0.25, 0.3) is 0 Å². The number of hydrogen-bond donors (Lipinski definition) is 1. The lowest BCUT2D eigenvalue weighted by molar-refractivity contribution is 0.208. The first kappa shape index (κ1) is 12.9. The number of nitrogens with one attached hydrogen (secondary N) is 1. The van der Waals surface area contributed by atoms with Gasteiger partial charge in [-0.25, -0.2) is 9.97 Å². The zero-order chi connectivity index (χ0) is 12.9. The maximum Gasteiger partial charge on any atom is 0.156 e. The lowest BCUT2D eigenvalue weighted by Crippen LogP contribution is -2.31. The van der Waals surface area contributed by atoms with Crippen LogP contribution < -0.4 is 10.1 Å². The van der Waals surface area contributed by atoms with Crippen LogP contribution in [-0.2, 0) is 6.42 Å². The molecule has 1 aliphatic heterocycles. The Morgan fingerprint density at radius 1 is 1.11 bits per heavy atom. The predicted octanol–water partition coefficient (Wildman–Crippen LogP) is 2.34. The molecule has 1 saturated carbocycles. The fourth-order valence-electron chi connectivity index (χ4n) is 3.06. The Bertz CT molecular complexity index is 381. The Morgan fingerprint density at radius 3 is 2.58 bits per heavy atom. The smallest absolute Gasteiger partial charge is 0.156 e. The maximum atomic E-state index is 5.88. The first-order valence-electron chi connectivity index (χ1n) is 7.58. The average molecular weight is 261 g/mol. The molecule has 0 bridgehead atoms. The minimum Gasteiger partial charge on any atom is -0.487 e. The molecule has 1 N–H and O–H groups in total. The van der Waals surface area contributed by atoms with Crippen molar-refractivity contribution in [1.29, 1.82) is 0 Å². The summed E-state index contributed by atoms with van der Waals surface area (Å²) in [6, 6.07) is 0. The van der Waals surface area contributed by atoms with E-state index in [0.717, 1.165) is 31.1 Å². The molecule has 0 aromatic carbocycles. The van der Waals surface area contributed by atoms with Gasteiger partial charge in [-0.1, -0.05) is 0 Å². The zero-order valence-electron chi connectivity index (χ0n) is 11.5. The number of ether oxygens (including phenoxy) is 1. The Hall–Kier alpha value is -1.16. The largest absolute Gasteiger partial charge is 0.487 e. The van der Waals surface area contributed by atoms with E-state index in [4.69, 9.17) is 4.74 Å². The molecule has 2 fully saturated rings. The van der Waals surface area contributed by atoms with E-state index in [1.54, 1.807) is 0 Å². The third-order valence-electron chi connectivity index (χ3n) is 4.16. The van der Waals surface area contributed by atoms with Crippen LogP contribution >= 0.6 is 0 Å². The summed E-state index contributed by atoms with van der Waals surface area (Å²) in [5, 5.41) is 3.43. The van der Waals surface area contributed by atoms with Crippen LogP contribution in [0.1, 0.15) is 44.3 Å². The lowest BCUT2D eigenvalue weighted by atomic mass is 9.96. The summed E-state index contributed by atoms with van der Waals surface area (Å²) in [5.74, 6) is 2.47. The summed E-state index contributed by atoms with van der Waals surface area (Å²) in [7, 11) is 0. The summed E-state index contributed by atoms with van der Waals surface area (Å²) in [6.45, 7) is 2.26. The number of aromatic nitrogens is 2. The van der Waals surface area contributed by atoms with E-state index >= 15 is 0 Å². The van der Waals surface area contributed by atoms with Gasteiger partial charge in [-0.3, -0.25) is 0 Å². The second kappa shape index (κ2) is 6.33. The van der Waals surface area contributed by atoms with Gasteiger partial charge in [0.05, 0.1) is 18.5 Å². The fourth-order valence-corrected chi connectivity index (χ4v) is 3.06. The van der Waals surface area contributed by atoms with Crippen molar-refractivity contribution in [2.24, 2.45) is 5.92 Å². The van der Waals surface area contributed by atoms with Gasteiger partial charge in [0.1, 0.15) is 5.82 Å². The summed E-state index contributed by atoms with van der Waals surface area (Å²) in [6.07, 6.45) is 12.5. The quantitative estimate of drug-likeness (QED) is 0.903. The molecular formula is C15H23N3O. The topological polar surface area (TPSA) is 47.0 Å². The van der Waals surface area contributed by atoms with Crippen LogP contribution in [0.2, 0.25) is 0 Å². The molecule has 1 aliphatic carbocycles. The first-order chi connectivity index (χ1) is 9.40. The van der Waals surface area contributed by atoms with Crippen LogP contribution in [0.3, 0.4) is 0 Å². The molecule has 0 amide bonds. The van der Waals surface area contributed by atoms with Gasteiger partial charge in [0.15, 0.2) is 5.75 Å². The highest BCUT2D eigenvalue weighted by Crippen LogP contribution is 2.23. The summed E-state index contributed by atoms with van der Waals surface area (Å²) in [4.78, 5) is 8.90. The van der Waals surface area contributed by atoms with Crippen molar-refractivity contribution in [3.8, 4) is 5.75 Å². The van der Waals surface area contributed by atoms with Crippen LogP contribution in [0.25, 0.3) is 0 Å². The Balaban J connectivity index is 1.52. The van der Waals surface area contributed by atoms with Gasteiger partial charge in [-0.2, -0.15) is 0 Å². The number of hydrogen-bond acceptors (Lipinski definition) is 4. The number of piperidine rings is 1. The van der Waals surface area contributed by atoms with Gasteiger partial charge in [0.2, 0.25) is 0 Å². The van der Waals surface area contributed by atoms with Crippen LogP contribution in [0.15, 0.2) is 12.4 Å². The van der Waals surface area contributed by atoms with Gasteiger partial charge >= 0.3 is 0 Å². The number of rotatable bonds is 4. The molecule has 19 heavy (non-hydrogen) atoms. The molecule has 4 heteroatoms. The van der Waals surface area contributed by atoms with Crippen LogP contribution in [-0.4, -0.2) is 29.2 Å². The molecule has 0 spiro atoms.